The van der Waals surface area contributed by atoms with Gasteiger partial charge in [0.05, 0.1) is 12.0 Å². The van der Waals surface area contributed by atoms with Gasteiger partial charge in [-0.15, -0.1) is 5.10 Å². The molecule has 0 radical (unpaired) electrons. The molecule has 0 aliphatic rings. The van der Waals surface area contributed by atoms with Gasteiger partial charge in [-0.1, -0.05) is 6.92 Å². The van der Waals surface area contributed by atoms with E-state index in [0.717, 1.165) is 0 Å². The van der Waals surface area contributed by atoms with Gasteiger partial charge in [-0.2, -0.15) is 0 Å². The van der Waals surface area contributed by atoms with E-state index in [1.807, 2.05) is 13.8 Å². The van der Waals surface area contributed by atoms with Crippen molar-refractivity contribution in [3.8, 4) is 0 Å². The summed E-state index contributed by atoms with van der Waals surface area (Å²) >= 11 is 0. The van der Waals surface area contributed by atoms with E-state index in [-0.39, 0.29) is 6.04 Å². The first kappa shape index (κ1) is 10.6. The molecule has 0 aliphatic heterocycles. The Morgan fingerprint density at radius 2 is 2.14 bits per heavy atom. The fourth-order valence-corrected chi connectivity index (χ4v) is 1.11. The fourth-order valence-electron chi connectivity index (χ4n) is 1.11. The van der Waals surface area contributed by atoms with E-state index in [1.54, 1.807) is 11.6 Å². The highest BCUT2D eigenvalue weighted by Gasteiger charge is 2.17. The van der Waals surface area contributed by atoms with Crippen LogP contribution in [0.25, 0.3) is 0 Å². The molecular formula is C8H14N4O2. The van der Waals surface area contributed by atoms with Crippen molar-refractivity contribution in [3.05, 3.63) is 5.82 Å². The molecule has 1 rings (SSSR count). The van der Waals surface area contributed by atoms with E-state index < -0.39 is 11.9 Å². The lowest BCUT2D eigenvalue weighted by Crippen LogP contribution is -2.17. The SMILES string of the molecule is CC(Cc1nnnn1C(C)C)C(=O)O. The van der Waals surface area contributed by atoms with Crippen LogP contribution >= 0.6 is 0 Å². The topological polar surface area (TPSA) is 80.9 Å². The number of aromatic nitrogens is 4. The van der Waals surface area contributed by atoms with Gasteiger partial charge >= 0.3 is 5.97 Å². The van der Waals surface area contributed by atoms with Crippen molar-refractivity contribution in [2.75, 3.05) is 0 Å². The smallest absolute Gasteiger partial charge is 0.306 e. The molecule has 0 fully saturated rings. The minimum absolute atomic E-state index is 0.154. The maximum Gasteiger partial charge on any atom is 0.306 e. The first-order valence-corrected chi connectivity index (χ1v) is 4.52. The number of hydrogen-bond donors (Lipinski definition) is 1. The predicted molar refractivity (Wildman–Crippen MR) is 48.7 cm³/mol. The Morgan fingerprint density at radius 1 is 1.50 bits per heavy atom. The van der Waals surface area contributed by atoms with Crippen LogP contribution in [-0.4, -0.2) is 31.3 Å². The maximum absolute atomic E-state index is 10.6. The minimum atomic E-state index is -0.830. The molecule has 6 heteroatoms. The maximum atomic E-state index is 10.6. The van der Waals surface area contributed by atoms with Gasteiger partial charge in [-0.05, 0) is 24.3 Å². The van der Waals surface area contributed by atoms with Gasteiger partial charge in [0.1, 0.15) is 0 Å². The van der Waals surface area contributed by atoms with Crippen LogP contribution in [0.5, 0.6) is 0 Å². The zero-order chi connectivity index (χ0) is 10.7. The van der Waals surface area contributed by atoms with Crippen LogP contribution in [0.3, 0.4) is 0 Å². The van der Waals surface area contributed by atoms with Crippen LogP contribution in [0.1, 0.15) is 32.6 Å². The van der Waals surface area contributed by atoms with Gasteiger partial charge in [0.2, 0.25) is 0 Å². The van der Waals surface area contributed by atoms with Crippen LogP contribution in [-0.2, 0) is 11.2 Å². The Kier molecular flexibility index (Phi) is 3.16. The molecule has 0 saturated heterocycles. The van der Waals surface area contributed by atoms with E-state index in [2.05, 4.69) is 15.5 Å². The van der Waals surface area contributed by atoms with E-state index >= 15 is 0 Å². The van der Waals surface area contributed by atoms with Gasteiger partial charge in [0.25, 0.3) is 0 Å². The summed E-state index contributed by atoms with van der Waals surface area (Å²) in [4.78, 5) is 10.6. The van der Waals surface area contributed by atoms with E-state index in [0.29, 0.717) is 12.2 Å². The number of hydrogen-bond acceptors (Lipinski definition) is 4. The zero-order valence-electron chi connectivity index (χ0n) is 8.51. The highest BCUT2D eigenvalue weighted by molar-refractivity contribution is 5.69. The molecule has 0 bridgehead atoms. The van der Waals surface area contributed by atoms with Crippen molar-refractivity contribution in [1.82, 2.24) is 20.2 Å². The van der Waals surface area contributed by atoms with E-state index in [4.69, 9.17) is 5.11 Å². The Morgan fingerprint density at radius 3 is 2.64 bits per heavy atom. The lowest BCUT2D eigenvalue weighted by atomic mass is 10.1. The number of carboxylic acid groups (broad SMARTS) is 1. The molecule has 6 nitrogen and oxygen atoms in total. The molecule has 0 amide bonds. The van der Waals surface area contributed by atoms with Gasteiger partial charge in [0, 0.05) is 6.42 Å². The number of aliphatic carboxylic acids is 1. The Hall–Kier alpha value is -1.46. The molecule has 0 saturated carbocycles. The van der Waals surface area contributed by atoms with Crippen molar-refractivity contribution in [3.63, 3.8) is 0 Å². The van der Waals surface area contributed by atoms with Crippen molar-refractivity contribution >= 4 is 5.97 Å². The Bertz CT molecular complexity index is 321. The number of rotatable bonds is 4. The molecule has 1 aromatic heterocycles. The van der Waals surface area contributed by atoms with Gasteiger partial charge in [-0.3, -0.25) is 4.79 Å². The first-order chi connectivity index (χ1) is 6.52. The molecule has 78 valence electrons. The second kappa shape index (κ2) is 4.17. The largest absolute Gasteiger partial charge is 0.481 e. The lowest BCUT2D eigenvalue weighted by Gasteiger charge is -2.09. The normalized spacial score (nSPS) is 13.1. The molecule has 1 N–H and O–H groups in total. The van der Waals surface area contributed by atoms with Crippen LogP contribution in [0, 0.1) is 5.92 Å². The van der Waals surface area contributed by atoms with Crippen molar-refractivity contribution in [2.24, 2.45) is 5.92 Å². The number of carbonyl (C=O) groups is 1. The molecule has 0 spiro atoms. The second-order valence-corrected chi connectivity index (χ2v) is 3.58. The number of nitrogens with zero attached hydrogens (tertiary/aromatic N) is 4. The molecular weight excluding hydrogens is 184 g/mol. The fraction of sp³-hybridized carbons (Fsp3) is 0.750. The summed E-state index contributed by atoms with van der Waals surface area (Å²) in [5.74, 6) is -0.670. The molecule has 1 aromatic rings. The van der Waals surface area contributed by atoms with E-state index in [9.17, 15) is 4.79 Å². The average molecular weight is 198 g/mol. The monoisotopic (exact) mass is 198 g/mol. The second-order valence-electron chi connectivity index (χ2n) is 3.58. The summed E-state index contributed by atoms with van der Waals surface area (Å²) in [6.45, 7) is 5.54. The molecule has 1 heterocycles. The summed E-state index contributed by atoms with van der Waals surface area (Å²) in [5.41, 5.74) is 0. The summed E-state index contributed by atoms with van der Waals surface area (Å²) in [6, 6.07) is 0.154. The first-order valence-electron chi connectivity index (χ1n) is 4.52. The standard InChI is InChI=1S/C8H14N4O2/c1-5(2)12-7(9-10-11-12)4-6(3)8(13)14/h5-6H,4H2,1-3H3,(H,13,14). The number of carboxylic acids is 1. The highest BCUT2D eigenvalue weighted by Crippen LogP contribution is 2.09. The Labute approximate surface area is 81.9 Å². The highest BCUT2D eigenvalue weighted by atomic mass is 16.4. The van der Waals surface area contributed by atoms with Crippen molar-refractivity contribution < 1.29 is 9.90 Å². The van der Waals surface area contributed by atoms with Gasteiger partial charge in [0.15, 0.2) is 5.82 Å². The molecule has 14 heavy (non-hydrogen) atoms. The summed E-state index contributed by atoms with van der Waals surface area (Å²) in [5, 5.41) is 19.8. The van der Waals surface area contributed by atoms with Gasteiger partial charge < -0.3 is 5.11 Å². The van der Waals surface area contributed by atoms with Gasteiger partial charge in [-0.25, -0.2) is 4.68 Å². The predicted octanol–water partition coefficient (Wildman–Crippen LogP) is 0.517. The van der Waals surface area contributed by atoms with Crippen LogP contribution in [0.4, 0.5) is 0 Å². The van der Waals surface area contributed by atoms with E-state index in [1.165, 1.54) is 0 Å². The molecule has 0 aliphatic carbocycles. The Balaban J connectivity index is 2.76. The third-order valence-corrected chi connectivity index (χ3v) is 1.96. The van der Waals surface area contributed by atoms with Crippen molar-refractivity contribution in [1.29, 1.82) is 0 Å². The third kappa shape index (κ3) is 2.27. The molecule has 0 aromatic carbocycles. The average Bonchev–Trinajstić information content (AvgIpc) is 2.52. The third-order valence-electron chi connectivity index (χ3n) is 1.96. The van der Waals surface area contributed by atoms with Crippen LogP contribution in [0.2, 0.25) is 0 Å². The zero-order valence-corrected chi connectivity index (χ0v) is 8.51. The van der Waals surface area contributed by atoms with Crippen LogP contribution in [0.15, 0.2) is 0 Å². The van der Waals surface area contributed by atoms with Crippen molar-refractivity contribution in [2.45, 2.75) is 33.2 Å². The minimum Gasteiger partial charge on any atom is -0.481 e. The summed E-state index contributed by atoms with van der Waals surface area (Å²) < 4.78 is 1.64. The lowest BCUT2D eigenvalue weighted by molar-refractivity contribution is -0.141. The quantitative estimate of drug-likeness (QED) is 0.762. The molecule has 1 atom stereocenters. The summed E-state index contributed by atoms with van der Waals surface area (Å²) in [7, 11) is 0. The number of tetrazole rings is 1. The summed E-state index contributed by atoms with van der Waals surface area (Å²) in [6.07, 6.45) is 0.362. The van der Waals surface area contributed by atoms with Crippen LogP contribution < -0.4 is 0 Å². The molecule has 1 unspecified atom stereocenters.